The van der Waals surface area contributed by atoms with Crippen molar-refractivity contribution < 1.29 is 9.59 Å². The maximum absolute atomic E-state index is 11.7. The minimum atomic E-state index is -0.390. The van der Waals surface area contributed by atoms with Crippen molar-refractivity contribution in [3.05, 3.63) is 52.2 Å². The quantitative estimate of drug-likeness (QED) is 0.766. The molecule has 3 N–H and O–H groups in total. The number of urea groups is 1. The number of carbonyl (C=O) groups is 2. The molecule has 3 amide bonds. The van der Waals surface area contributed by atoms with Crippen LogP contribution in [-0.4, -0.2) is 25.0 Å². The Hall–Kier alpha value is -2.34. The van der Waals surface area contributed by atoms with Gasteiger partial charge in [-0.15, -0.1) is 11.3 Å². The van der Waals surface area contributed by atoms with Crippen LogP contribution in [0.1, 0.15) is 10.4 Å². The predicted octanol–water partition coefficient (Wildman–Crippen LogP) is 2.54. The number of hydrogen-bond donors (Lipinski definition) is 3. The van der Waals surface area contributed by atoms with E-state index in [4.69, 9.17) is 0 Å². The topological polar surface area (TPSA) is 70.2 Å². The third-order valence-electron chi connectivity index (χ3n) is 2.96. The lowest BCUT2D eigenvalue weighted by Crippen LogP contribution is -2.39. The van der Waals surface area contributed by atoms with Gasteiger partial charge in [0.25, 0.3) is 0 Å². The number of nitrogens with one attached hydrogen (secondary N) is 3. The van der Waals surface area contributed by atoms with Gasteiger partial charge in [-0.2, -0.15) is 0 Å². The second-order valence-corrected chi connectivity index (χ2v) is 5.89. The van der Waals surface area contributed by atoms with Crippen molar-refractivity contribution in [1.82, 2.24) is 10.6 Å². The number of carbonyl (C=O) groups excluding carboxylic acids is 2. The molecule has 1 aromatic heterocycles. The fourth-order valence-corrected chi connectivity index (χ4v) is 2.61. The average Bonchev–Trinajstić information content (AvgIpc) is 2.98. The molecule has 5 nitrogen and oxygen atoms in total. The van der Waals surface area contributed by atoms with E-state index in [1.54, 1.807) is 17.4 Å². The van der Waals surface area contributed by atoms with Crippen molar-refractivity contribution in [2.24, 2.45) is 0 Å². The number of rotatable bonds is 6. The number of amides is 3. The summed E-state index contributed by atoms with van der Waals surface area (Å²) in [6.45, 7) is 2.48. The SMILES string of the molecule is Cc1cccc(NC(=O)NCC(=O)NCCc2cccs2)c1. The third kappa shape index (κ3) is 5.57. The molecule has 0 bridgehead atoms. The van der Waals surface area contributed by atoms with Crippen LogP contribution >= 0.6 is 11.3 Å². The maximum Gasteiger partial charge on any atom is 0.319 e. The molecule has 0 saturated heterocycles. The van der Waals surface area contributed by atoms with Gasteiger partial charge in [-0.05, 0) is 42.5 Å². The standard InChI is InChI=1S/C16H19N3O2S/c1-12-4-2-5-13(10-12)19-16(21)18-11-15(20)17-8-7-14-6-3-9-22-14/h2-6,9-10H,7-8,11H2,1H3,(H,17,20)(H2,18,19,21). The zero-order valence-corrected chi connectivity index (χ0v) is 13.2. The highest BCUT2D eigenvalue weighted by Crippen LogP contribution is 2.09. The Bertz CT molecular complexity index is 626. The zero-order chi connectivity index (χ0) is 15.8. The fraction of sp³-hybridized carbons (Fsp3) is 0.250. The molecule has 0 aliphatic carbocycles. The summed E-state index contributed by atoms with van der Waals surface area (Å²) in [5.74, 6) is -0.198. The molecule has 1 aromatic carbocycles. The number of aryl methyl sites for hydroxylation is 1. The minimum absolute atomic E-state index is 0.0396. The van der Waals surface area contributed by atoms with Gasteiger partial charge < -0.3 is 16.0 Å². The summed E-state index contributed by atoms with van der Waals surface area (Å²) >= 11 is 1.66. The average molecular weight is 317 g/mol. The van der Waals surface area contributed by atoms with E-state index in [9.17, 15) is 9.59 Å². The molecular formula is C16H19N3O2S. The van der Waals surface area contributed by atoms with Gasteiger partial charge in [0.15, 0.2) is 0 Å². The Morgan fingerprint density at radius 1 is 1.14 bits per heavy atom. The number of anilines is 1. The number of benzene rings is 1. The highest BCUT2D eigenvalue weighted by molar-refractivity contribution is 7.09. The predicted molar refractivity (Wildman–Crippen MR) is 89.2 cm³/mol. The Labute approximate surface area is 133 Å². The van der Waals surface area contributed by atoms with Gasteiger partial charge in [0.1, 0.15) is 0 Å². The molecule has 0 atom stereocenters. The molecule has 116 valence electrons. The van der Waals surface area contributed by atoms with Crippen molar-refractivity contribution in [2.75, 3.05) is 18.4 Å². The lowest BCUT2D eigenvalue weighted by Gasteiger charge is -2.08. The Morgan fingerprint density at radius 2 is 2.00 bits per heavy atom. The van der Waals surface area contributed by atoms with E-state index in [1.807, 2.05) is 42.6 Å². The molecule has 22 heavy (non-hydrogen) atoms. The number of thiophene rings is 1. The van der Waals surface area contributed by atoms with Crippen LogP contribution in [0, 0.1) is 6.92 Å². The van der Waals surface area contributed by atoms with Crippen LogP contribution < -0.4 is 16.0 Å². The molecular weight excluding hydrogens is 298 g/mol. The maximum atomic E-state index is 11.7. The van der Waals surface area contributed by atoms with Crippen molar-refractivity contribution in [1.29, 1.82) is 0 Å². The first-order valence-electron chi connectivity index (χ1n) is 7.04. The molecule has 0 aliphatic rings. The van der Waals surface area contributed by atoms with Crippen molar-refractivity contribution in [3.8, 4) is 0 Å². The molecule has 0 spiro atoms. The molecule has 2 rings (SSSR count). The molecule has 2 aromatic rings. The Balaban J connectivity index is 1.64. The lowest BCUT2D eigenvalue weighted by atomic mass is 10.2. The summed E-state index contributed by atoms with van der Waals surface area (Å²) in [7, 11) is 0. The summed E-state index contributed by atoms with van der Waals surface area (Å²) in [4.78, 5) is 24.5. The summed E-state index contributed by atoms with van der Waals surface area (Å²) in [6, 6.07) is 11.1. The Morgan fingerprint density at radius 3 is 2.73 bits per heavy atom. The summed E-state index contributed by atoms with van der Waals surface area (Å²) in [5.41, 5.74) is 1.76. The van der Waals surface area contributed by atoms with Crippen LogP contribution in [0.4, 0.5) is 10.5 Å². The highest BCUT2D eigenvalue weighted by atomic mass is 32.1. The van der Waals surface area contributed by atoms with E-state index >= 15 is 0 Å². The second kappa shape index (κ2) is 8.19. The van der Waals surface area contributed by atoms with Crippen molar-refractivity contribution in [2.45, 2.75) is 13.3 Å². The monoisotopic (exact) mass is 317 g/mol. The van der Waals surface area contributed by atoms with E-state index in [0.29, 0.717) is 12.2 Å². The smallest absolute Gasteiger partial charge is 0.319 e. The lowest BCUT2D eigenvalue weighted by molar-refractivity contribution is -0.120. The third-order valence-corrected chi connectivity index (χ3v) is 3.90. The molecule has 6 heteroatoms. The summed E-state index contributed by atoms with van der Waals surface area (Å²) in [5, 5.41) is 10.0. The van der Waals surface area contributed by atoms with Crippen LogP contribution in [0.25, 0.3) is 0 Å². The summed E-state index contributed by atoms with van der Waals surface area (Å²) in [6.07, 6.45) is 0.804. The number of hydrogen-bond acceptors (Lipinski definition) is 3. The van der Waals surface area contributed by atoms with Crippen LogP contribution in [-0.2, 0) is 11.2 Å². The molecule has 1 heterocycles. The first-order chi connectivity index (χ1) is 10.6. The highest BCUT2D eigenvalue weighted by Gasteiger charge is 2.05. The van der Waals surface area contributed by atoms with E-state index in [0.717, 1.165) is 12.0 Å². The van der Waals surface area contributed by atoms with Gasteiger partial charge in [0.05, 0.1) is 6.54 Å². The Kier molecular flexibility index (Phi) is 5.97. The molecule has 0 fully saturated rings. The van der Waals surface area contributed by atoms with Crippen LogP contribution in [0.3, 0.4) is 0 Å². The molecule has 0 radical (unpaired) electrons. The van der Waals surface area contributed by atoms with Gasteiger partial charge in [-0.3, -0.25) is 4.79 Å². The molecule has 0 saturated carbocycles. The summed E-state index contributed by atoms with van der Waals surface area (Å²) < 4.78 is 0. The van der Waals surface area contributed by atoms with Gasteiger partial charge >= 0.3 is 6.03 Å². The zero-order valence-electron chi connectivity index (χ0n) is 12.4. The largest absolute Gasteiger partial charge is 0.354 e. The van der Waals surface area contributed by atoms with E-state index in [1.165, 1.54) is 4.88 Å². The normalized spacial score (nSPS) is 10.0. The van der Waals surface area contributed by atoms with Crippen molar-refractivity contribution in [3.63, 3.8) is 0 Å². The minimum Gasteiger partial charge on any atom is -0.354 e. The molecule has 0 unspecified atom stereocenters. The first-order valence-corrected chi connectivity index (χ1v) is 7.92. The fourth-order valence-electron chi connectivity index (χ4n) is 1.90. The van der Waals surface area contributed by atoms with Crippen LogP contribution in [0.15, 0.2) is 41.8 Å². The van der Waals surface area contributed by atoms with Gasteiger partial charge in [0.2, 0.25) is 5.91 Å². The molecule has 0 aliphatic heterocycles. The second-order valence-electron chi connectivity index (χ2n) is 4.86. The van der Waals surface area contributed by atoms with Crippen LogP contribution in [0.2, 0.25) is 0 Å². The van der Waals surface area contributed by atoms with Gasteiger partial charge in [-0.1, -0.05) is 18.2 Å². The van der Waals surface area contributed by atoms with E-state index < -0.39 is 0 Å². The van der Waals surface area contributed by atoms with Gasteiger partial charge in [0, 0.05) is 17.1 Å². The van der Waals surface area contributed by atoms with Gasteiger partial charge in [-0.25, -0.2) is 4.79 Å². The first kappa shape index (κ1) is 16.0. The van der Waals surface area contributed by atoms with Crippen molar-refractivity contribution >= 4 is 29.0 Å². The van der Waals surface area contributed by atoms with E-state index in [2.05, 4.69) is 16.0 Å². The van der Waals surface area contributed by atoms with E-state index in [-0.39, 0.29) is 18.5 Å². The van der Waals surface area contributed by atoms with Crippen LogP contribution in [0.5, 0.6) is 0 Å².